The summed E-state index contributed by atoms with van der Waals surface area (Å²) in [7, 11) is 1.35. The highest BCUT2D eigenvalue weighted by Crippen LogP contribution is 2.38. The van der Waals surface area contributed by atoms with Crippen LogP contribution < -0.4 is 0 Å². The van der Waals surface area contributed by atoms with Crippen LogP contribution in [0, 0.1) is 27.7 Å². The van der Waals surface area contributed by atoms with Crippen molar-refractivity contribution in [3.05, 3.63) is 105 Å². The van der Waals surface area contributed by atoms with Crippen molar-refractivity contribution in [1.29, 1.82) is 0 Å². The fourth-order valence-corrected chi connectivity index (χ4v) is 5.11. The van der Waals surface area contributed by atoms with E-state index in [1.807, 2.05) is 57.2 Å². The third kappa shape index (κ3) is 4.34. The van der Waals surface area contributed by atoms with Crippen LogP contribution in [0.4, 0.5) is 0 Å². The SMILES string of the molecule is COC(=O)C1=C(C)N([C@@H](C)c2ccccc2)C(=O)/C1=C\c1cc(C)n(-c2cc(C)cc(C)c2)c1C. The van der Waals surface area contributed by atoms with Crippen LogP contribution in [0.25, 0.3) is 11.8 Å². The number of allylic oxidation sites excluding steroid dienone is 1. The third-order valence-corrected chi connectivity index (χ3v) is 6.74. The first kappa shape index (κ1) is 24.3. The number of aryl methyl sites for hydroxylation is 3. The Morgan fingerprint density at radius 2 is 1.57 bits per heavy atom. The van der Waals surface area contributed by atoms with Gasteiger partial charge in [0.05, 0.1) is 24.3 Å². The van der Waals surface area contributed by atoms with E-state index < -0.39 is 5.97 Å². The van der Waals surface area contributed by atoms with Crippen LogP contribution in [0.2, 0.25) is 0 Å². The summed E-state index contributed by atoms with van der Waals surface area (Å²) in [6, 6.07) is 18.1. The number of nitrogens with zero attached hydrogens (tertiary/aromatic N) is 2. The first-order valence-electron chi connectivity index (χ1n) is 11.8. The summed E-state index contributed by atoms with van der Waals surface area (Å²) in [6.07, 6.45) is 1.83. The molecular weight excluding hydrogens is 436 g/mol. The molecule has 0 aliphatic carbocycles. The fourth-order valence-electron chi connectivity index (χ4n) is 5.11. The zero-order chi connectivity index (χ0) is 25.4. The van der Waals surface area contributed by atoms with Crippen LogP contribution in [0.15, 0.2) is 71.4 Å². The molecule has 0 fully saturated rings. The molecule has 180 valence electrons. The number of esters is 1. The first-order valence-corrected chi connectivity index (χ1v) is 11.8. The van der Waals surface area contributed by atoms with Crippen LogP contribution >= 0.6 is 0 Å². The van der Waals surface area contributed by atoms with E-state index in [4.69, 9.17) is 4.74 Å². The van der Waals surface area contributed by atoms with Crippen LogP contribution in [0.5, 0.6) is 0 Å². The van der Waals surface area contributed by atoms with Crippen molar-refractivity contribution in [2.24, 2.45) is 0 Å². The van der Waals surface area contributed by atoms with E-state index in [9.17, 15) is 9.59 Å². The molecule has 0 unspecified atom stereocenters. The quantitative estimate of drug-likeness (QED) is 0.334. The van der Waals surface area contributed by atoms with Gasteiger partial charge in [0.2, 0.25) is 0 Å². The van der Waals surface area contributed by atoms with Crippen LogP contribution in [0.1, 0.15) is 53.5 Å². The minimum atomic E-state index is -0.507. The number of hydrogen-bond donors (Lipinski definition) is 0. The standard InChI is InChI=1S/C30H32N2O3/c1-18-13-19(2)15-26(14-18)31-20(3)16-25(22(31)5)17-27-28(30(34)35-7)23(6)32(29(27)33)21(4)24-11-9-8-10-12-24/h8-17,21H,1-7H3/b27-17-/t21-/m0/s1. The number of ether oxygens (including phenoxy) is 1. The molecule has 0 saturated carbocycles. The Morgan fingerprint density at radius 3 is 2.17 bits per heavy atom. The fraction of sp³-hybridized carbons (Fsp3) is 0.267. The summed E-state index contributed by atoms with van der Waals surface area (Å²) in [5.41, 5.74) is 8.70. The number of benzene rings is 2. The van der Waals surface area contributed by atoms with E-state index >= 15 is 0 Å². The van der Waals surface area contributed by atoms with Gasteiger partial charge in [-0.2, -0.15) is 0 Å². The average molecular weight is 469 g/mol. The van der Waals surface area contributed by atoms with Gasteiger partial charge in [-0.3, -0.25) is 4.79 Å². The Kier molecular flexibility index (Phi) is 6.53. The van der Waals surface area contributed by atoms with Gasteiger partial charge in [-0.15, -0.1) is 0 Å². The van der Waals surface area contributed by atoms with Crippen molar-refractivity contribution in [3.8, 4) is 5.69 Å². The molecule has 1 atom stereocenters. The Labute approximate surface area is 207 Å². The Morgan fingerprint density at radius 1 is 0.943 bits per heavy atom. The predicted molar refractivity (Wildman–Crippen MR) is 139 cm³/mol. The molecule has 1 amide bonds. The van der Waals surface area contributed by atoms with Crippen molar-refractivity contribution >= 4 is 18.0 Å². The third-order valence-electron chi connectivity index (χ3n) is 6.74. The zero-order valence-electron chi connectivity index (χ0n) is 21.5. The minimum absolute atomic E-state index is 0.199. The molecule has 2 heterocycles. The number of carbonyl (C=O) groups is 2. The molecule has 0 N–H and O–H groups in total. The Balaban J connectivity index is 1.83. The number of methoxy groups -OCH3 is 1. The lowest BCUT2D eigenvalue weighted by Gasteiger charge is -2.26. The minimum Gasteiger partial charge on any atom is -0.465 e. The summed E-state index contributed by atoms with van der Waals surface area (Å²) >= 11 is 0. The molecule has 0 radical (unpaired) electrons. The monoisotopic (exact) mass is 468 g/mol. The second-order valence-corrected chi connectivity index (χ2v) is 9.28. The molecule has 5 nitrogen and oxygen atoms in total. The Bertz CT molecular complexity index is 1360. The number of rotatable bonds is 5. The van der Waals surface area contributed by atoms with Crippen LogP contribution in [-0.4, -0.2) is 28.5 Å². The summed E-state index contributed by atoms with van der Waals surface area (Å²) in [5, 5.41) is 0. The highest BCUT2D eigenvalue weighted by molar-refractivity contribution is 6.16. The Hall–Kier alpha value is -3.86. The molecule has 3 aromatic rings. The molecule has 0 bridgehead atoms. The molecule has 1 aliphatic rings. The predicted octanol–water partition coefficient (Wildman–Crippen LogP) is 6.14. The summed E-state index contributed by atoms with van der Waals surface area (Å²) in [5.74, 6) is -0.705. The van der Waals surface area contributed by atoms with E-state index in [2.05, 4.69) is 49.6 Å². The van der Waals surface area contributed by atoms with Crippen molar-refractivity contribution < 1.29 is 14.3 Å². The van der Waals surface area contributed by atoms with Gasteiger partial charge < -0.3 is 14.2 Å². The number of aromatic nitrogens is 1. The van der Waals surface area contributed by atoms with Gasteiger partial charge in [-0.1, -0.05) is 36.4 Å². The van der Waals surface area contributed by atoms with Crippen molar-refractivity contribution in [3.63, 3.8) is 0 Å². The van der Waals surface area contributed by atoms with E-state index in [0.29, 0.717) is 16.8 Å². The molecule has 5 heteroatoms. The van der Waals surface area contributed by atoms with E-state index in [-0.39, 0.29) is 11.9 Å². The molecule has 0 spiro atoms. The van der Waals surface area contributed by atoms with Gasteiger partial charge in [0.25, 0.3) is 5.91 Å². The smallest absolute Gasteiger partial charge is 0.340 e. The number of hydrogen-bond acceptors (Lipinski definition) is 3. The largest absolute Gasteiger partial charge is 0.465 e. The molecule has 2 aromatic carbocycles. The lowest BCUT2D eigenvalue weighted by atomic mass is 10.0. The van der Waals surface area contributed by atoms with Crippen LogP contribution in [-0.2, 0) is 14.3 Å². The number of amides is 1. The molecule has 35 heavy (non-hydrogen) atoms. The van der Waals surface area contributed by atoms with Gasteiger partial charge >= 0.3 is 5.97 Å². The summed E-state index contributed by atoms with van der Waals surface area (Å²) in [4.78, 5) is 28.2. The second kappa shape index (κ2) is 9.41. The molecule has 4 rings (SSSR count). The van der Waals surface area contributed by atoms with Gasteiger partial charge in [0.15, 0.2) is 0 Å². The first-order chi connectivity index (χ1) is 16.6. The highest BCUT2D eigenvalue weighted by atomic mass is 16.5. The van der Waals surface area contributed by atoms with Crippen LogP contribution in [0.3, 0.4) is 0 Å². The lowest BCUT2D eigenvalue weighted by Crippen LogP contribution is -2.28. The summed E-state index contributed by atoms with van der Waals surface area (Å²) in [6.45, 7) is 12.0. The lowest BCUT2D eigenvalue weighted by molar-refractivity contribution is -0.136. The second-order valence-electron chi connectivity index (χ2n) is 9.28. The average Bonchev–Trinajstić information content (AvgIpc) is 3.24. The molecular formula is C30H32N2O3. The van der Waals surface area contributed by atoms with Gasteiger partial charge in [0.1, 0.15) is 0 Å². The normalized spacial score (nSPS) is 15.8. The van der Waals surface area contributed by atoms with Crippen molar-refractivity contribution in [2.45, 2.75) is 47.6 Å². The maximum Gasteiger partial charge on any atom is 0.340 e. The van der Waals surface area contributed by atoms with E-state index in [1.165, 1.54) is 18.2 Å². The molecule has 1 aliphatic heterocycles. The topological polar surface area (TPSA) is 51.5 Å². The maximum atomic E-state index is 13.7. The summed E-state index contributed by atoms with van der Waals surface area (Å²) < 4.78 is 7.27. The van der Waals surface area contributed by atoms with Crippen molar-refractivity contribution in [1.82, 2.24) is 9.47 Å². The highest BCUT2D eigenvalue weighted by Gasteiger charge is 2.39. The van der Waals surface area contributed by atoms with Crippen molar-refractivity contribution in [2.75, 3.05) is 7.11 Å². The van der Waals surface area contributed by atoms with Gasteiger partial charge in [-0.25, -0.2) is 4.79 Å². The van der Waals surface area contributed by atoms with E-state index in [1.54, 1.807) is 4.90 Å². The zero-order valence-corrected chi connectivity index (χ0v) is 21.5. The van der Waals surface area contributed by atoms with Gasteiger partial charge in [0, 0.05) is 22.8 Å². The van der Waals surface area contributed by atoms with Gasteiger partial charge in [-0.05, 0) is 88.1 Å². The number of carbonyl (C=O) groups excluding carboxylic acids is 2. The molecule has 1 aromatic heterocycles. The molecule has 0 saturated heterocycles. The maximum absolute atomic E-state index is 13.7. The van der Waals surface area contributed by atoms with E-state index in [0.717, 1.165) is 28.2 Å².